The minimum Gasteiger partial charge on any atom is -0.383 e. The molecule has 8 heteroatoms. The van der Waals surface area contributed by atoms with E-state index in [2.05, 4.69) is 10.6 Å². The highest BCUT2D eigenvalue weighted by molar-refractivity contribution is 7.89. The van der Waals surface area contributed by atoms with Crippen LogP contribution < -0.4 is 10.6 Å². The van der Waals surface area contributed by atoms with Crippen LogP contribution in [0, 0.1) is 0 Å². The Hall–Kier alpha value is -1.64. The van der Waals surface area contributed by atoms with Crippen LogP contribution in [0.1, 0.15) is 0 Å². The van der Waals surface area contributed by atoms with Crippen LogP contribution in [0.3, 0.4) is 0 Å². The van der Waals surface area contributed by atoms with E-state index in [-0.39, 0.29) is 17.3 Å². The van der Waals surface area contributed by atoms with Gasteiger partial charge < -0.3 is 15.4 Å². The number of methoxy groups -OCH3 is 1. The Kier molecular flexibility index (Phi) is 6.60. The maximum absolute atomic E-state index is 11.9. The molecule has 1 rings (SSSR count). The van der Waals surface area contributed by atoms with Gasteiger partial charge in [-0.25, -0.2) is 12.7 Å². The van der Waals surface area contributed by atoms with Crippen LogP contribution in [-0.4, -0.2) is 59.5 Å². The lowest BCUT2D eigenvalue weighted by Gasteiger charge is -2.12. The summed E-state index contributed by atoms with van der Waals surface area (Å²) in [6, 6.07) is 6.25. The van der Waals surface area contributed by atoms with E-state index in [1.54, 1.807) is 19.2 Å². The monoisotopic (exact) mass is 315 g/mol. The van der Waals surface area contributed by atoms with Crippen LogP contribution in [0.4, 0.5) is 5.69 Å². The number of ether oxygens (including phenoxy) is 1. The molecule has 21 heavy (non-hydrogen) atoms. The summed E-state index contributed by atoms with van der Waals surface area (Å²) in [5, 5.41) is 5.59. The fourth-order valence-electron chi connectivity index (χ4n) is 1.49. The molecule has 0 saturated heterocycles. The Morgan fingerprint density at radius 1 is 1.24 bits per heavy atom. The van der Waals surface area contributed by atoms with Gasteiger partial charge in [-0.1, -0.05) is 0 Å². The van der Waals surface area contributed by atoms with Crippen molar-refractivity contribution in [1.29, 1.82) is 0 Å². The van der Waals surface area contributed by atoms with E-state index in [0.717, 1.165) is 4.31 Å². The number of hydrogen-bond acceptors (Lipinski definition) is 5. The first kappa shape index (κ1) is 17.4. The first-order valence-electron chi connectivity index (χ1n) is 6.40. The number of nitrogens with zero attached hydrogens (tertiary/aromatic N) is 1. The van der Waals surface area contributed by atoms with Crippen LogP contribution in [-0.2, 0) is 19.6 Å². The topological polar surface area (TPSA) is 87.7 Å². The highest BCUT2D eigenvalue weighted by atomic mass is 32.2. The van der Waals surface area contributed by atoms with Crippen molar-refractivity contribution in [2.45, 2.75) is 4.90 Å². The van der Waals surface area contributed by atoms with E-state index < -0.39 is 10.0 Å². The van der Waals surface area contributed by atoms with E-state index in [1.807, 2.05) is 0 Å². The molecule has 1 aromatic carbocycles. The summed E-state index contributed by atoms with van der Waals surface area (Å²) in [5.74, 6) is -0.156. The molecule has 0 bridgehead atoms. The number of hydrogen-bond donors (Lipinski definition) is 2. The van der Waals surface area contributed by atoms with Crippen molar-refractivity contribution in [3.63, 3.8) is 0 Å². The molecule has 0 fully saturated rings. The second-order valence-electron chi connectivity index (χ2n) is 4.51. The first-order valence-corrected chi connectivity index (χ1v) is 7.84. The molecule has 7 nitrogen and oxygen atoms in total. The standard InChI is InChI=1S/C13H21N3O4S/c1-16(2)21(18,19)12-6-4-11(5-7-12)15-10-13(17)14-8-9-20-3/h4-7,15H,8-10H2,1-3H3,(H,14,17). The van der Waals surface area contributed by atoms with Gasteiger partial charge in [0.05, 0.1) is 18.0 Å². The number of benzene rings is 1. The Morgan fingerprint density at radius 2 is 1.86 bits per heavy atom. The van der Waals surface area contributed by atoms with E-state index in [0.29, 0.717) is 18.8 Å². The van der Waals surface area contributed by atoms with Gasteiger partial charge in [-0.05, 0) is 24.3 Å². The summed E-state index contributed by atoms with van der Waals surface area (Å²) in [4.78, 5) is 11.7. The van der Waals surface area contributed by atoms with Gasteiger partial charge in [-0.3, -0.25) is 4.79 Å². The smallest absolute Gasteiger partial charge is 0.242 e. The zero-order valence-corrected chi connectivity index (χ0v) is 13.2. The Balaban J connectivity index is 2.54. The third kappa shape index (κ3) is 5.33. The van der Waals surface area contributed by atoms with Crippen molar-refractivity contribution in [3.8, 4) is 0 Å². The first-order chi connectivity index (χ1) is 9.87. The Labute approximate surface area is 125 Å². The highest BCUT2D eigenvalue weighted by Crippen LogP contribution is 2.16. The zero-order valence-electron chi connectivity index (χ0n) is 12.4. The number of carbonyl (C=O) groups excluding carboxylic acids is 1. The molecule has 0 radical (unpaired) electrons. The predicted molar refractivity (Wildman–Crippen MR) is 80.7 cm³/mol. The van der Waals surface area contributed by atoms with E-state index in [1.165, 1.54) is 26.2 Å². The van der Waals surface area contributed by atoms with Crippen LogP contribution in [0.5, 0.6) is 0 Å². The summed E-state index contributed by atoms with van der Waals surface area (Å²) in [5.41, 5.74) is 0.676. The fourth-order valence-corrected chi connectivity index (χ4v) is 2.39. The van der Waals surface area contributed by atoms with Crippen molar-refractivity contribution in [2.75, 3.05) is 46.2 Å². The third-order valence-electron chi connectivity index (χ3n) is 2.71. The van der Waals surface area contributed by atoms with Crippen LogP contribution in [0.2, 0.25) is 0 Å². The minimum atomic E-state index is -3.43. The van der Waals surface area contributed by atoms with Gasteiger partial charge in [-0.2, -0.15) is 0 Å². The molecule has 2 N–H and O–H groups in total. The highest BCUT2D eigenvalue weighted by Gasteiger charge is 2.16. The van der Waals surface area contributed by atoms with Crippen molar-refractivity contribution in [2.24, 2.45) is 0 Å². The average molecular weight is 315 g/mol. The van der Waals surface area contributed by atoms with Gasteiger partial charge in [0.15, 0.2) is 0 Å². The number of sulfonamides is 1. The molecule has 0 saturated carbocycles. The van der Waals surface area contributed by atoms with Crippen LogP contribution in [0.15, 0.2) is 29.2 Å². The summed E-state index contributed by atoms with van der Waals surface area (Å²) in [7, 11) is 1.09. The summed E-state index contributed by atoms with van der Waals surface area (Å²) in [6.45, 7) is 1.03. The van der Waals surface area contributed by atoms with Crippen molar-refractivity contribution in [1.82, 2.24) is 9.62 Å². The largest absolute Gasteiger partial charge is 0.383 e. The maximum atomic E-state index is 11.9. The molecule has 0 atom stereocenters. The molecule has 0 aliphatic heterocycles. The Morgan fingerprint density at radius 3 is 2.38 bits per heavy atom. The van der Waals surface area contributed by atoms with Gasteiger partial charge in [0.2, 0.25) is 15.9 Å². The summed E-state index contributed by atoms with van der Waals surface area (Å²) in [6.07, 6.45) is 0. The molecule has 1 amide bonds. The molecule has 0 aliphatic carbocycles. The predicted octanol–water partition coefficient (Wildman–Crippen LogP) is 0.111. The molecule has 1 aromatic rings. The summed E-state index contributed by atoms with van der Waals surface area (Å²) >= 11 is 0. The lowest BCUT2D eigenvalue weighted by Crippen LogP contribution is -2.32. The molecule has 0 spiro atoms. The van der Waals surface area contributed by atoms with E-state index in [4.69, 9.17) is 4.74 Å². The number of anilines is 1. The number of rotatable bonds is 8. The number of nitrogens with one attached hydrogen (secondary N) is 2. The molecule has 0 unspecified atom stereocenters. The van der Waals surface area contributed by atoms with Gasteiger partial charge in [0.1, 0.15) is 0 Å². The van der Waals surface area contributed by atoms with E-state index >= 15 is 0 Å². The van der Waals surface area contributed by atoms with Crippen molar-refractivity contribution in [3.05, 3.63) is 24.3 Å². The number of carbonyl (C=O) groups is 1. The molecule has 118 valence electrons. The number of amides is 1. The summed E-state index contributed by atoms with van der Waals surface area (Å²) < 4.78 is 29.7. The van der Waals surface area contributed by atoms with Crippen molar-refractivity contribution >= 4 is 21.6 Å². The van der Waals surface area contributed by atoms with Crippen LogP contribution in [0.25, 0.3) is 0 Å². The van der Waals surface area contributed by atoms with Gasteiger partial charge >= 0.3 is 0 Å². The third-order valence-corrected chi connectivity index (χ3v) is 4.54. The average Bonchev–Trinajstić information content (AvgIpc) is 2.45. The van der Waals surface area contributed by atoms with Crippen molar-refractivity contribution < 1.29 is 17.9 Å². The molecule has 0 heterocycles. The van der Waals surface area contributed by atoms with Crippen LogP contribution >= 0.6 is 0 Å². The lowest BCUT2D eigenvalue weighted by molar-refractivity contribution is -0.119. The second-order valence-corrected chi connectivity index (χ2v) is 6.66. The molecule has 0 aromatic heterocycles. The quantitative estimate of drug-likeness (QED) is 0.665. The molecular formula is C13H21N3O4S. The minimum absolute atomic E-state index is 0.115. The Bertz CT molecular complexity index is 555. The van der Waals surface area contributed by atoms with Gasteiger partial charge in [0, 0.05) is 33.4 Å². The second kappa shape index (κ2) is 7.96. The van der Waals surface area contributed by atoms with E-state index in [9.17, 15) is 13.2 Å². The SMILES string of the molecule is COCCNC(=O)CNc1ccc(S(=O)(=O)N(C)C)cc1. The normalized spacial score (nSPS) is 11.4. The molecular weight excluding hydrogens is 294 g/mol. The zero-order chi connectivity index (χ0) is 15.9. The molecule has 0 aliphatic rings. The van der Waals surface area contributed by atoms with Gasteiger partial charge in [-0.15, -0.1) is 0 Å². The lowest BCUT2D eigenvalue weighted by atomic mass is 10.3. The maximum Gasteiger partial charge on any atom is 0.242 e. The van der Waals surface area contributed by atoms with Gasteiger partial charge in [0.25, 0.3) is 0 Å². The fraction of sp³-hybridized carbons (Fsp3) is 0.462.